The molecule has 0 aliphatic heterocycles. The largest absolute Gasteiger partial charge is 0.462 e. The molecule has 0 aromatic rings. The zero-order chi connectivity index (χ0) is 15.4. The molecule has 0 saturated carbocycles. The lowest BCUT2D eigenvalue weighted by Gasteiger charge is -2.09. The van der Waals surface area contributed by atoms with Crippen molar-refractivity contribution in [3.63, 3.8) is 0 Å². The summed E-state index contributed by atoms with van der Waals surface area (Å²) in [5.74, 6) is -1.18. The Morgan fingerprint density at radius 2 is 1.20 bits per heavy atom. The van der Waals surface area contributed by atoms with E-state index >= 15 is 0 Å². The normalized spacial score (nSPS) is 13.6. The molecule has 0 aliphatic carbocycles. The van der Waals surface area contributed by atoms with Gasteiger partial charge in [0.05, 0.1) is 13.2 Å². The average molecular weight is 330 g/mol. The molecule has 4 N–H and O–H groups in total. The molecule has 0 bridgehead atoms. The Morgan fingerprint density at radius 1 is 0.850 bits per heavy atom. The third-order valence-electron chi connectivity index (χ3n) is 1.73. The van der Waals surface area contributed by atoms with Crippen LogP contribution in [0.15, 0.2) is 0 Å². The zero-order valence-electron chi connectivity index (χ0n) is 10.6. The fraction of sp³-hybridized carbons (Fsp3) is 0.800. The van der Waals surface area contributed by atoms with Crippen LogP contribution >= 0.6 is 21.6 Å². The Labute approximate surface area is 123 Å². The van der Waals surface area contributed by atoms with Gasteiger partial charge in [0.15, 0.2) is 0 Å². The van der Waals surface area contributed by atoms with Crippen LogP contribution < -0.4 is 0 Å². The van der Waals surface area contributed by atoms with Crippen LogP contribution in [0.1, 0.15) is 0 Å². The van der Waals surface area contributed by atoms with E-state index in [4.69, 9.17) is 20.4 Å². The molecule has 0 heterocycles. The topological polar surface area (TPSA) is 134 Å². The number of esters is 2. The number of aliphatic hydroxyl groups is 4. The molecule has 0 saturated heterocycles. The molecule has 10 heteroatoms. The van der Waals surface area contributed by atoms with Gasteiger partial charge in [0.1, 0.15) is 36.9 Å². The molecule has 8 nitrogen and oxygen atoms in total. The van der Waals surface area contributed by atoms with Crippen molar-refractivity contribution < 1.29 is 39.5 Å². The van der Waals surface area contributed by atoms with Crippen LogP contribution in [0.2, 0.25) is 0 Å². The van der Waals surface area contributed by atoms with Gasteiger partial charge in [0.2, 0.25) is 0 Å². The van der Waals surface area contributed by atoms with Crippen molar-refractivity contribution in [2.75, 3.05) is 37.9 Å². The lowest BCUT2D eigenvalue weighted by Crippen LogP contribution is -2.23. The van der Waals surface area contributed by atoms with Crippen molar-refractivity contribution in [3.05, 3.63) is 0 Å². The Bertz CT molecular complexity index is 260. The van der Waals surface area contributed by atoms with Crippen molar-refractivity contribution >= 4 is 33.5 Å². The van der Waals surface area contributed by atoms with Gasteiger partial charge in [-0.2, -0.15) is 0 Å². The fourth-order valence-corrected chi connectivity index (χ4v) is 2.35. The molecule has 2 unspecified atom stereocenters. The van der Waals surface area contributed by atoms with E-state index in [9.17, 15) is 9.59 Å². The van der Waals surface area contributed by atoms with Crippen LogP contribution in [-0.2, 0) is 19.1 Å². The second-order valence-corrected chi connectivity index (χ2v) is 6.03. The lowest BCUT2D eigenvalue weighted by molar-refractivity contribution is -0.144. The van der Waals surface area contributed by atoms with Gasteiger partial charge < -0.3 is 29.9 Å². The van der Waals surface area contributed by atoms with Crippen molar-refractivity contribution in [3.8, 4) is 0 Å². The number of hydrogen-bond acceptors (Lipinski definition) is 10. The number of aliphatic hydroxyl groups excluding tert-OH is 4. The SMILES string of the molecule is O=C(CSSCC(=O)OCC(O)CO)OCC(O)CO. The number of ether oxygens (including phenoxy) is 2. The van der Waals surface area contributed by atoms with Crippen molar-refractivity contribution in [1.82, 2.24) is 0 Å². The third-order valence-corrected chi connectivity index (χ3v) is 3.81. The summed E-state index contributed by atoms with van der Waals surface area (Å²) in [6.45, 7) is -1.52. The molecule has 118 valence electrons. The first kappa shape index (κ1) is 19.5. The molecule has 20 heavy (non-hydrogen) atoms. The quantitative estimate of drug-likeness (QED) is 0.194. The van der Waals surface area contributed by atoms with E-state index in [1.807, 2.05) is 0 Å². The minimum atomic E-state index is -1.09. The number of carbonyl (C=O) groups is 2. The molecular weight excluding hydrogens is 312 g/mol. The highest BCUT2D eigenvalue weighted by Gasteiger charge is 2.10. The van der Waals surface area contributed by atoms with Crippen LogP contribution in [0, 0.1) is 0 Å². The highest BCUT2D eigenvalue weighted by atomic mass is 33.1. The molecule has 2 atom stereocenters. The predicted octanol–water partition coefficient (Wildman–Crippen LogP) is -1.84. The maximum Gasteiger partial charge on any atom is 0.316 e. The van der Waals surface area contributed by atoms with Crippen molar-refractivity contribution in [2.24, 2.45) is 0 Å². The Hall–Kier alpha value is -0.520. The summed E-state index contributed by atoms with van der Waals surface area (Å²) in [6.07, 6.45) is -2.19. The summed E-state index contributed by atoms with van der Waals surface area (Å²) >= 11 is 0. The second-order valence-electron chi connectivity index (χ2n) is 3.56. The summed E-state index contributed by atoms with van der Waals surface area (Å²) < 4.78 is 9.27. The lowest BCUT2D eigenvalue weighted by atomic mass is 10.4. The molecule has 0 aromatic carbocycles. The Balaban J connectivity index is 3.51. The summed E-state index contributed by atoms with van der Waals surface area (Å²) in [5.41, 5.74) is 0. The molecule has 0 spiro atoms. The first-order valence-electron chi connectivity index (χ1n) is 5.63. The molecule has 0 aliphatic rings. The molecular formula is C10H18O8S2. The Kier molecular flexibility index (Phi) is 11.9. The maximum absolute atomic E-state index is 11.1. The van der Waals surface area contributed by atoms with Crippen LogP contribution in [0.4, 0.5) is 0 Å². The summed E-state index contributed by atoms with van der Waals surface area (Å²) in [4.78, 5) is 22.3. The van der Waals surface area contributed by atoms with Gasteiger partial charge in [-0.25, -0.2) is 0 Å². The first-order chi connectivity index (χ1) is 9.49. The maximum atomic E-state index is 11.1. The van der Waals surface area contributed by atoms with Crippen LogP contribution in [-0.4, -0.2) is 82.5 Å². The highest BCUT2D eigenvalue weighted by molar-refractivity contribution is 8.77. The summed E-state index contributed by atoms with van der Waals surface area (Å²) in [5, 5.41) is 34.9. The Morgan fingerprint density at radius 3 is 1.50 bits per heavy atom. The van der Waals surface area contributed by atoms with E-state index in [2.05, 4.69) is 9.47 Å². The third kappa shape index (κ3) is 11.3. The van der Waals surface area contributed by atoms with Gasteiger partial charge in [0, 0.05) is 0 Å². The minimum Gasteiger partial charge on any atom is -0.462 e. The second kappa shape index (κ2) is 12.2. The zero-order valence-corrected chi connectivity index (χ0v) is 12.3. The van der Waals surface area contributed by atoms with E-state index in [0.29, 0.717) is 0 Å². The number of hydrogen-bond donors (Lipinski definition) is 4. The van der Waals surface area contributed by atoms with E-state index in [0.717, 1.165) is 21.6 Å². The van der Waals surface area contributed by atoms with Gasteiger partial charge in [-0.3, -0.25) is 9.59 Å². The van der Waals surface area contributed by atoms with Gasteiger partial charge in [-0.15, -0.1) is 0 Å². The molecule has 0 aromatic heterocycles. The monoisotopic (exact) mass is 330 g/mol. The van der Waals surface area contributed by atoms with Crippen LogP contribution in [0.25, 0.3) is 0 Å². The molecule has 0 rings (SSSR count). The van der Waals surface area contributed by atoms with Crippen molar-refractivity contribution in [2.45, 2.75) is 12.2 Å². The summed E-state index contributed by atoms with van der Waals surface area (Å²) in [6, 6.07) is 0. The molecule has 0 fully saturated rings. The van der Waals surface area contributed by atoms with Gasteiger partial charge in [0.25, 0.3) is 0 Å². The van der Waals surface area contributed by atoms with E-state index < -0.39 is 37.4 Å². The van der Waals surface area contributed by atoms with E-state index in [1.165, 1.54) is 0 Å². The smallest absolute Gasteiger partial charge is 0.316 e. The van der Waals surface area contributed by atoms with Gasteiger partial charge in [-0.1, -0.05) is 21.6 Å². The van der Waals surface area contributed by atoms with Gasteiger partial charge in [-0.05, 0) is 0 Å². The number of carbonyl (C=O) groups excluding carboxylic acids is 2. The van der Waals surface area contributed by atoms with Crippen molar-refractivity contribution in [1.29, 1.82) is 0 Å². The highest BCUT2D eigenvalue weighted by Crippen LogP contribution is 2.21. The summed E-state index contributed by atoms with van der Waals surface area (Å²) in [7, 11) is 2.15. The van der Waals surface area contributed by atoms with E-state index in [-0.39, 0.29) is 24.7 Å². The molecule has 0 amide bonds. The van der Waals surface area contributed by atoms with Gasteiger partial charge >= 0.3 is 11.9 Å². The van der Waals surface area contributed by atoms with Crippen LogP contribution in [0.3, 0.4) is 0 Å². The van der Waals surface area contributed by atoms with Crippen LogP contribution in [0.5, 0.6) is 0 Å². The first-order valence-corrected chi connectivity index (χ1v) is 8.11. The average Bonchev–Trinajstić information content (AvgIpc) is 2.46. The standard InChI is InChI=1S/C10H18O8S2/c11-1-7(13)3-17-9(15)5-19-20-6-10(16)18-4-8(14)2-12/h7-8,11-14H,1-6H2. The predicted molar refractivity (Wildman–Crippen MR) is 73.0 cm³/mol. The molecule has 0 radical (unpaired) electrons. The minimum absolute atomic E-state index is 0.0185. The fourth-order valence-electron chi connectivity index (χ4n) is 0.747. The van der Waals surface area contributed by atoms with E-state index in [1.54, 1.807) is 0 Å². The number of rotatable bonds is 11.